The summed E-state index contributed by atoms with van der Waals surface area (Å²) in [5.74, 6) is 0.0358. The molecule has 0 aromatic carbocycles. The van der Waals surface area contributed by atoms with Crippen molar-refractivity contribution in [3.8, 4) is 0 Å². The van der Waals surface area contributed by atoms with Gasteiger partial charge in [0.2, 0.25) is 11.8 Å². The predicted molar refractivity (Wildman–Crippen MR) is 88.8 cm³/mol. The minimum atomic E-state index is -0.384. The number of fused-ring (bicyclic) bond motifs is 2. The topological polar surface area (TPSA) is 69.9 Å². The van der Waals surface area contributed by atoms with Crippen molar-refractivity contribution in [3.63, 3.8) is 0 Å². The average Bonchev–Trinajstić information content (AvgIpc) is 3.07. The van der Waals surface area contributed by atoms with Crippen molar-refractivity contribution in [3.05, 3.63) is 0 Å². The summed E-state index contributed by atoms with van der Waals surface area (Å²) in [4.78, 5) is 30.2. The Kier molecular flexibility index (Phi) is 4.65. The van der Waals surface area contributed by atoms with Crippen LogP contribution in [0.5, 0.6) is 0 Å². The molecule has 2 N–H and O–H groups in total. The maximum atomic E-state index is 12.1. The minimum absolute atomic E-state index is 0.133. The van der Waals surface area contributed by atoms with E-state index in [4.69, 9.17) is 5.73 Å². The van der Waals surface area contributed by atoms with Gasteiger partial charge in [0.25, 0.3) is 0 Å². The van der Waals surface area contributed by atoms with Gasteiger partial charge in [0.1, 0.15) is 5.54 Å². The van der Waals surface area contributed by atoms with E-state index in [1.807, 2.05) is 4.90 Å². The largest absolute Gasteiger partial charge is 0.368 e. The minimum Gasteiger partial charge on any atom is -0.368 e. The molecule has 2 amide bonds. The molecule has 0 aromatic heterocycles. The molecule has 0 aliphatic carbocycles. The number of nitrogens with two attached hydrogens (primary N) is 1. The molecule has 3 rings (SSSR count). The molecule has 3 atom stereocenters. The fraction of sp³-hybridized carbons (Fsp3) is 0.882. The molecule has 3 aliphatic heterocycles. The molecule has 0 aromatic rings. The molecule has 3 aliphatic rings. The number of carbonyl (C=O) groups is 2. The molecule has 2 bridgehead atoms. The summed E-state index contributed by atoms with van der Waals surface area (Å²) in [5, 5.41) is 0. The highest BCUT2D eigenvalue weighted by atomic mass is 16.2. The summed E-state index contributed by atoms with van der Waals surface area (Å²) in [7, 11) is 2.14. The van der Waals surface area contributed by atoms with Crippen LogP contribution >= 0.6 is 0 Å². The van der Waals surface area contributed by atoms with Crippen molar-refractivity contribution >= 4 is 11.8 Å². The second kappa shape index (κ2) is 6.40. The maximum absolute atomic E-state index is 12.1. The molecule has 0 saturated carbocycles. The lowest BCUT2D eigenvalue weighted by Crippen LogP contribution is -2.59. The highest BCUT2D eigenvalue weighted by Gasteiger charge is 2.52. The molecular weight excluding hydrogens is 292 g/mol. The molecule has 3 fully saturated rings. The van der Waals surface area contributed by atoms with Gasteiger partial charge in [-0.15, -0.1) is 0 Å². The number of amides is 2. The van der Waals surface area contributed by atoms with Crippen molar-refractivity contribution < 1.29 is 9.59 Å². The van der Waals surface area contributed by atoms with E-state index >= 15 is 0 Å². The number of hydrogen-bond acceptors (Lipinski definition) is 4. The predicted octanol–water partition coefficient (Wildman–Crippen LogP) is 0.411. The van der Waals surface area contributed by atoms with Gasteiger partial charge < -0.3 is 15.5 Å². The van der Waals surface area contributed by atoms with Crippen LogP contribution in [0, 0.1) is 0 Å². The Morgan fingerprint density at radius 3 is 2.70 bits per heavy atom. The Morgan fingerprint density at radius 2 is 2.04 bits per heavy atom. The molecule has 6 heteroatoms. The van der Waals surface area contributed by atoms with Gasteiger partial charge in [0.15, 0.2) is 0 Å². The quantitative estimate of drug-likeness (QED) is 0.796. The van der Waals surface area contributed by atoms with Crippen LogP contribution < -0.4 is 5.73 Å². The third-order valence-electron chi connectivity index (χ3n) is 6.39. The molecule has 23 heavy (non-hydrogen) atoms. The second-order valence-electron chi connectivity index (χ2n) is 7.56. The first kappa shape index (κ1) is 16.7. The van der Waals surface area contributed by atoms with Crippen molar-refractivity contribution in [2.75, 3.05) is 33.2 Å². The molecular formula is C17H30N4O2. The number of carbonyl (C=O) groups excluding carboxylic acids is 2. The SMILES string of the molecule is CC(=O)N1CC[C@@H](N(C)CCN2[C@@H]3CCC[C@@]2(C(N)=O)CC3)C1. The Balaban J connectivity index is 1.57. The van der Waals surface area contributed by atoms with Crippen LogP contribution in [0.15, 0.2) is 0 Å². The van der Waals surface area contributed by atoms with E-state index in [0.29, 0.717) is 12.1 Å². The Labute approximate surface area is 139 Å². The summed E-state index contributed by atoms with van der Waals surface area (Å²) in [5.41, 5.74) is 5.39. The van der Waals surface area contributed by atoms with Crippen molar-refractivity contribution in [1.82, 2.24) is 14.7 Å². The van der Waals surface area contributed by atoms with Crippen LogP contribution in [-0.2, 0) is 9.59 Å². The van der Waals surface area contributed by atoms with Gasteiger partial charge in [-0.25, -0.2) is 0 Å². The lowest BCUT2D eigenvalue weighted by Gasteiger charge is -2.43. The lowest BCUT2D eigenvalue weighted by atomic mass is 9.87. The van der Waals surface area contributed by atoms with E-state index in [2.05, 4.69) is 16.8 Å². The number of likely N-dealkylation sites (tertiary alicyclic amines) is 1. The fourth-order valence-electron chi connectivity index (χ4n) is 4.87. The van der Waals surface area contributed by atoms with Crippen LogP contribution in [0.25, 0.3) is 0 Å². The summed E-state index contributed by atoms with van der Waals surface area (Å²) in [6, 6.07) is 0.966. The first-order valence-corrected chi connectivity index (χ1v) is 8.96. The number of primary amides is 1. The average molecular weight is 322 g/mol. The number of nitrogens with zero attached hydrogens (tertiary/aromatic N) is 3. The maximum Gasteiger partial charge on any atom is 0.237 e. The molecule has 3 heterocycles. The molecule has 0 unspecified atom stereocenters. The third-order valence-corrected chi connectivity index (χ3v) is 6.39. The zero-order valence-corrected chi connectivity index (χ0v) is 14.5. The van der Waals surface area contributed by atoms with E-state index in [9.17, 15) is 9.59 Å². The summed E-state index contributed by atoms with van der Waals surface area (Å²) in [6.07, 6.45) is 6.31. The van der Waals surface area contributed by atoms with Crippen LogP contribution in [0.1, 0.15) is 45.4 Å². The van der Waals surface area contributed by atoms with Gasteiger partial charge >= 0.3 is 0 Å². The van der Waals surface area contributed by atoms with Gasteiger partial charge in [-0.2, -0.15) is 0 Å². The fourth-order valence-corrected chi connectivity index (χ4v) is 4.87. The van der Waals surface area contributed by atoms with Gasteiger partial charge in [0.05, 0.1) is 0 Å². The van der Waals surface area contributed by atoms with Gasteiger partial charge in [0, 0.05) is 45.2 Å². The van der Waals surface area contributed by atoms with Crippen LogP contribution in [0.4, 0.5) is 0 Å². The Hall–Kier alpha value is -1.14. The zero-order chi connectivity index (χ0) is 16.6. The van der Waals surface area contributed by atoms with E-state index < -0.39 is 0 Å². The van der Waals surface area contributed by atoms with E-state index in [0.717, 1.165) is 58.3 Å². The van der Waals surface area contributed by atoms with Crippen LogP contribution in [-0.4, -0.2) is 77.4 Å². The van der Waals surface area contributed by atoms with Crippen molar-refractivity contribution in [2.45, 2.75) is 63.1 Å². The van der Waals surface area contributed by atoms with Gasteiger partial charge in [-0.05, 0) is 45.6 Å². The summed E-state index contributed by atoms with van der Waals surface area (Å²) >= 11 is 0. The number of rotatable bonds is 5. The standard InChI is InChI=1S/C17H30N4O2/c1-13(22)20-9-6-15(12-20)19(2)10-11-21-14-4-3-7-17(21,8-5-14)16(18)23/h14-15H,3-12H2,1-2H3,(H2,18,23)/t14-,15-,17+/m1/s1. The Bertz CT molecular complexity index is 479. The highest BCUT2D eigenvalue weighted by molar-refractivity contribution is 5.85. The van der Waals surface area contributed by atoms with E-state index in [-0.39, 0.29) is 17.4 Å². The molecule has 0 radical (unpaired) electrons. The Morgan fingerprint density at radius 1 is 1.26 bits per heavy atom. The molecule has 130 valence electrons. The smallest absolute Gasteiger partial charge is 0.237 e. The first-order valence-electron chi connectivity index (χ1n) is 8.96. The number of likely N-dealkylation sites (N-methyl/N-ethyl adjacent to an activating group) is 1. The molecule has 3 saturated heterocycles. The second-order valence-corrected chi connectivity index (χ2v) is 7.56. The number of piperidine rings is 1. The van der Waals surface area contributed by atoms with Crippen LogP contribution in [0.2, 0.25) is 0 Å². The van der Waals surface area contributed by atoms with E-state index in [1.165, 1.54) is 6.42 Å². The van der Waals surface area contributed by atoms with Gasteiger partial charge in [-0.3, -0.25) is 14.5 Å². The van der Waals surface area contributed by atoms with E-state index in [1.54, 1.807) is 6.92 Å². The van der Waals surface area contributed by atoms with Crippen molar-refractivity contribution in [1.29, 1.82) is 0 Å². The van der Waals surface area contributed by atoms with Crippen LogP contribution in [0.3, 0.4) is 0 Å². The lowest BCUT2D eigenvalue weighted by molar-refractivity contribution is -0.132. The normalized spacial score (nSPS) is 34.3. The molecule has 6 nitrogen and oxygen atoms in total. The van der Waals surface area contributed by atoms with Crippen molar-refractivity contribution in [2.24, 2.45) is 5.73 Å². The van der Waals surface area contributed by atoms with Gasteiger partial charge in [-0.1, -0.05) is 0 Å². The monoisotopic (exact) mass is 322 g/mol. The third kappa shape index (κ3) is 2.98. The molecule has 0 spiro atoms. The number of hydrogen-bond donors (Lipinski definition) is 1. The summed E-state index contributed by atoms with van der Waals surface area (Å²) in [6.45, 7) is 5.17. The summed E-state index contributed by atoms with van der Waals surface area (Å²) < 4.78 is 0. The zero-order valence-electron chi connectivity index (χ0n) is 14.5. The highest BCUT2D eigenvalue weighted by Crippen LogP contribution is 2.43. The first-order chi connectivity index (χ1) is 10.9.